The average Bonchev–Trinajstić information content (AvgIpc) is 2.22. The van der Waals surface area contributed by atoms with Crippen molar-refractivity contribution in [3.8, 4) is 0 Å². The molecule has 0 aliphatic carbocycles. The predicted molar refractivity (Wildman–Crippen MR) is 64.1 cm³/mol. The lowest BCUT2D eigenvalue weighted by Crippen LogP contribution is -2.14. The first-order valence-electron chi connectivity index (χ1n) is 5.14. The molecule has 0 aromatic heterocycles. The van der Waals surface area contributed by atoms with Gasteiger partial charge >= 0.3 is 0 Å². The second kappa shape index (κ2) is 5.32. The molecule has 0 spiro atoms. The maximum atomic E-state index is 11.9. The van der Waals surface area contributed by atoms with Crippen molar-refractivity contribution in [2.24, 2.45) is 0 Å². The fourth-order valence-corrected chi connectivity index (χ4v) is 2.82. The summed E-state index contributed by atoms with van der Waals surface area (Å²) in [7, 11) is -3.29. The van der Waals surface area contributed by atoms with Gasteiger partial charge in [0.2, 0.25) is 0 Å². The standard InChI is InChI=1S/C11H17NO3S/c1-3-15-7-8-16(13,14)11-6-4-5-10(12)9(11)2/h4-6H,3,7-8,12H2,1-2H3. The molecule has 1 rings (SSSR count). The van der Waals surface area contributed by atoms with Crippen LogP contribution in [0.4, 0.5) is 5.69 Å². The van der Waals surface area contributed by atoms with Crippen LogP contribution in [0.25, 0.3) is 0 Å². The van der Waals surface area contributed by atoms with Crippen molar-refractivity contribution < 1.29 is 13.2 Å². The molecule has 2 N–H and O–H groups in total. The van der Waals surface area contributed by atoms with Crippen LogP contribution in [-0.4, -0.2) is 27.4 Å². The van der Waals surface area contributed by atoms with Crippen LogP contribution >= 0.6 is 0 Å². The van der Waals surface area contributed by atoms with E-state index in [2.05, 4.69) is 0 Å². The molecule has 0 amide bonds. The van der Waals surface area contributed by atoms with Gasteiger partial charge in [0.15, 0.2) is 9.84 Å². The lowest BCUT2D eigenvalue weighted by Gasteiger charge is -2.09. The molecule has 0 unspecified atom stereocenters. The Morgan fingerprint density at radius 1 is 1.38 bits per heavy atom. The third kappa shape index (κ3) is 2.96. The van der Waals surface area contributed by atoms with Gasteiger partial charge in [-0.1, -0.05) is 6.07 Å². The molecule has 0 saturated heterocycles. The second-order valence-corrected chi connectivity index (χ2v) is 5.56. The summed E-state index contributed by atoms with van der Waals surface area (Å²) in [5, 5.41) is 0. The monoisotopic (exact) mass is 243 g/mol. The number of nitrogens with two attached hydrogens (primary N) is 1. The lowest BCUT2D eigenvalue weighted by molar-refractivity contribution is 0.163. The van der Waals surface area contributed by atoms with E-state index >= 15 is 0 Å². The predicted octanol–water partition coefficient (Wildman–Crippen LogP) is 1.39. The minimum Gasteiger partial charge on any atom is -0.398 e. The third-order valence-electron chi connectivity index (χ3n) is 2.36. The zero-order valence-corrected chi connectivity index (χ0v) is 10.4. The van der Waals surface area contributed by atoms with E-state index in [0.29, 0.717) is 22.8 Å². The summed E-state index contributed by atoms with van der Waals surface area (Å²) in [6.45, 7) is 4.28. The van der Waals surface area contributed by atoms with Crippen molar-refractivity contribution in [2.45, 2.75) is 18.7 Å². The van der Waals surface area contributed by atoms with E-state index in [1.807, 2.05) is 6.92 Å². The minimum absolute atomic E-state index is 0.00880. The van der Waals surface area contributed by atoms with Crippen LogP contribution in [0.15, 0.2) is 23.1 Å². The SMILES string of the molecule is CCOCCS(=O)(=O)c1cccc(N)c1C. The van der Waals surface area contributed by atoms with E-state index in [9.17, 15) is 8.42 Å². The highest BCUT2D eigenvalue weighted by molar-refractivity contribution is 7.91. The minimum atomic E-state index is -3.29. The third-order valence-corrected chi connectivity index (χ3v) is 4.18. The molecule has 0 aliphatic rings. The van der Waals surface area contributed by atoms with E-state index < -0.39 is 9.84 Å². The van der Waals surface area contributed by atoms with Gasteiger partial charge in [-0.25, -0.2) is 8.42 Å². The molecular weight excluding hydrogens is 226 g/mol. The Hall–Kier alpha value is -1.07. The van der Waals surface area contributed by atoms with Crippen molar-refractivity contribution in [3.05, 3.63) is 23.8 Å². The highest BCUT2D eigenvalue weighted by Crippen LogP contribution is 2.21. The number of sulfone groups is 1. The van der Waals surface area contributed by atoms with Gasteiger partial charge in [-0.3, -0.25) is 0 Å². The van der Waals surface area contributed by atoms with E-state index in [0.717, 1.165) is 0 Å². The van der Waals surface area contributed by atoms with Crippen LogP contribution in [0.3, 0.4) is 0 Å². The van der Waals surface area contributed by atoms with Gasteiger partial charge in [0.25, 0.3) is 0 Å². The first kappa shape index (κ1) is 13.0. The van der Waals surface area contributed by atoms with Crippen LogP contribution < -0.4 is 5.73 Å². The Bertz CT molecular complexity index is 454. The number of hydrogen-bond donors (Lipinski definition) is 1. The van der Waals surface area contributed by atoms with Gasteiger partial charge < -0.3 is 10.5 Å². The van der Waals surface area contributed by atoms with Gasteiger partial charge in [-0.2, -0.15) is 0 Å². The van der Waals surface area contributed by atoms with Crippen molar-refractivity contribution >= 4 is 15.5 Å². The molecule has 1 aromatic carbocycles. The Morgan fingerprint density at radius 3 is 2.69 bits per heavy atom. The summed E-state index contributed by atoms with van der Waals surface area (Å²) < 4.78 is 28.9. The molecule has 0 fully saturated rings. The van der Waals surface area contributed by atoms with Gasteiger partial charge in [0, 0.05) is 12.3 Å². The molecule has 90 valence electrons. The summed E-state index contributed by atoms with van der Waals surface area (Å²) in [4.78, 5) is 0.298. The first-order chi connectivity index (χ1) is 7.49. The topological polar surface area (TPSA) is 69.4 Å². The largest absolute Gasteiger partial charge is 0.398 e. The number of nitrogen functional groups attached to an aromatic ring is 1. The Balaban J connectivity index is 2.94. The smallest absolute Gasteiger partial charge is 0.180 e. The van der Waals surface area contributed by atoms with Gasteiger partial charge in [-0.15, -0.1) is 0 Å². The second-order valence-electron chi connectivity index (χ2n) is 3.49. The van der Waals surface area contributed by atoms with Crippen LogP contribution in [-0.2, 0) is 14.6 Å². The van der Waals surface area contributed by atoms with E-state index in [1.165, 1.54) is 0 Å². The number of rotatable bonds is 5. The summed E-state index contributed by atoms with van der Waals surface area (Å²) in [5.41, 5.74) is 6.78. The van der Waals surface area contributed by atoms with E-state index in [4.69, 9.17) is 10.5 Å². The van der Waals surface area contributed by atoms with Crippen molar-refractivity contribution in [1.82, 2.24) is 0 Å². The number of benzene rings is 1. The van der Waals surface area contributed by atoms with Gasteiger partial charge in [0.1, 0.15) is 0 Å². The summed E-state index contributed by atoms with van der Waals surface area (Å²) in [6, 6.07) is 4.92. The maximum absolute atomic E-state index is 11.9. The van der Waals surface area contributed by atoms with Crippen molar-refractivity contribution in [1.29, 1.82) is 0 Å². The molecule has 4 nitrogen and oxygen atoms in total. The van der Waals surface area contributed by atoms with Crippen LogP contribution in [0.5, 0.6) is 0 Å². The average molecular weight is 243 g/mol. The molecular formula is C11H17NO3S. The Labute approximate surface area is 96.3 Å². The maximum Gasteiger partial charge on any atom is 0.180 e. The Kier molecular flexibility index (Phi) is 4.32. The highest BCUT2D eigenvalue weighted by Gasteiger charge is 2.17. The zero-order chi connectivity index (χ0) is 12.2. The Morgan fingerprint density at radius 2 is 2.06 bits per heavy atom. The van der Waals surface area contributed by atoms with Crippen LogP contribution in [0, 0.1) is 6.92 Å². The molecule has 0 saturated carbocycles. The fourth-order valence-electron chi connectivity index (χ4n) is 1.39. The van der Waals surface area contributed by atoms with E-state index in [-0.39, 0.29) is 12.4 Å². The molecule has 0 heterocycles. The zero-order valence-electron chi connectivity index (χ0n) is 9.56. The first-order valence-corrected chi connectivity index (χ1v) is 6.80. The highest BCUT2D eigenvalue weighted by atomic mass is 32.2. The van der Waals surface area contributed by atoms with Crippen LogP contribution in [0.1, 0.15) is 12.5 Å². The lowest BCUT2D eigenvalue weighted by atomic mass is 10.2. The fraction of sp³-hybridized carbons (Fsp3) is 0.455. The summed E-state index contributed by atoms with van der Waals surface area (Å²) >= 11 is 0. The van der Waals surface area contributed by atoms with Crippen LogP contribution in [0.2, 0.25) is 0 Å². The quantitative estimate of drug-likeness (QED) is 0.626. The molecule has 0 aliphatic heterocycles. The van der Waals surface area contributed by atoms with Crippen molar-refractivity contribution in [2.75, 3.05) is 24.7 Å². The molecule has 16 heavy (non-hydrogen) atoms. The van der Waals surface area contributed by atoms with Gasteiger partial charge in [-0.05, 0) is 31.5 Å². The normalized spacial score (nSPS) is 11.6. The molecule has 5 heteroatoms. The summed E-state index contributed by atoms with van der Waals surface area (Å²) in [5.74, 6) is -0.00880. The number of anilines is 1. The van der Waals surface area contributed by atoms with Gasteiger partial charge in [0.05, 0.1) is 17.3 Å². The molecule has 0 radical (unpaired) electrons. The molecule has 0 bridgehead atoms. The van der Waals surface area contributed by atoms with Crippen molar-refractivity contribution in [3.63, 3.8) is 0 Å². The number of ether oxygens (including phenoxy) is 1. The molecule has 1 aromatic rings. The molecule has 0 atom stereocenters. The number of hydrogen-bond acceptors (Lipinski definition) is 4. The van der Waals surface area contributed by atoms with E-state index in [1.54, 1.807) is 25.1 Å². The summed E-state index contributed by atoms with van der Waals surface area (Å²) in [6.07, 6.45) is 0.